The van der Waals surface area contributed by atoms with Crippen LogP contribution in [-0.4, -0.2) is 52.8 Å². The zero-order valence-electron chi connectivity index (χ0n) is 14.8. The van der Waals surface area contributed by atoms with Gasteiger partial charge in [0.15, 0.2) is 0 Å². The first-order valence-corrected chi connectivity index (χ1v) is 8.77. The Balaban J connectivity index is 1.61. The van der Waals surface area contributed by atoms with Gasteiger partial charge in [0, 0.05) is 43.6 Å². The summed E-state index contributed by atoms with van der Waals surface area (Å²) in [4.78, 5) is 32.8. The molecule has 2 aromatic rings. The SMILES string of the molecule is Cc1cc(C(=O)N2CCCN(C(=O)Cc3cccc(F)c3)CC2)ccn1. The molecule has 0 N–H and O–H groups in total. The van der Waals surface area contributed by atoms with E-state index in [2.05, 4.69) is 4.98 Å². The monoisotopic (exact) mass is 355 g/mol. The van der Waals surface area contributed by atoms with Crippen LogP contribution in [0.3, 0.4) is 0 Å². The van der Waals surface area contributed by atoms with Gasteiger partial charge in [0.2, 0.25) is 5.91 Å². The molecule has 0 radical (unpaired) electrons. The maximum absolute atomic E-state index is 13.3. The van der Waals surface area contributed by atoms with Gasteiger partial charge in [-0.2, -0.15) is 0 Å². The van der Waals surface area contributed by atoms with Crippen molar-refractivity contribution in [3.63, 3.8) is 0 Å². The zero-order chi connectivity index (χ0) is 18.5. The van der Waals surface area contributed by atoms with E-state index >= 15 is 0 Å². The van der Waals surface area contributed by atoms with E-state index in [0.717, 1.165) is 12.1 Å². The third-order valence-electron chi connectivity index (χ3n) is 4.52. The number of aromatic nitrogens is 1. The Morgan fingerprint density at radius 1 is 1.08 bits per heavy atom. The molecule has 1 aliphatic rings. The molecule has 2 amide bonds. The molecule has 6 heteroatoms. The molecule has 136 valence electrons. The molecule has 2 heterocycles. The molecular formula is C20H22FN3O2. The van der Waals surface area contributed by atoms with Crippen LogP contribution in [-0.2, 0) is 11.2 Å². The second-order valence-electron chi connectivity index (χ2n) is 6.52. The van der Waals surface area contributed by atoms with E-state index in [9.17, 15) is 14.0 Å². The van der Waals surface area contributed by atoms with E-state index in [1.165, 1.54) is 12.1 Å². The number of nitrogens with zero attached hydrogens (tertiary/aromatic N) is 3. The quantitative estimate of drug-likeness (QED) is 0.850. The van der Waals surface area contributed by atoms with Gasteiger partial charge in [-0.25, -0.2) is 4.39 Å². The van der Waals surface area contributed by atoms with E-state index in [-0.39, 0.29) is 24.1 Å². The van der Waals surface area contributed by atoms with Gasteiger partial charge in [-0.15, -0.1) is 0 Å². The number of hydrogen-bond donors (Lipinski definition) is 0. The molecule has 1 aromatic heterocycles. The van der Waals surface area contributed by atoms with E-state index in [1.54, 1.807) is 40.3 Å². The van der Waals surface area contributed by atoms with Gasteiger partial charge in [0.25, 0.3) is 5.91 Å². The summed E-state index contributed by atoms with van der Waals surface area (Å²) in [6, 6.07) is 9.60. The first-order chi connectivity index (χ1) is 12.5. The predicted octanol–water partition coefficient (Wildman–Crippen LogP) is 2.45. The summed E-state index contributed by atoms with van der Waals surface area (Å²) >= 11 is 0. The van der Waals surface area contributed by atoms with Crippen molar-refractivity contribution >= 4 is 11.8 Å². The van der Waals surface area contributed by atoms with Crippen LogP contribution in [0.25, 0.3) is 0 Å². The van der Waals surface area contributed by atoms with Crippen LogP contribution < -0.4 is 0 Å². The molecule has 0 saturated carbocycles. The van der Waals surface area contributed by atoms with Crippen molar-refractivity contribution in [1.29, 1.82) is 0 Å². The Morgan fingerprint density at radius 2 is 1.85 bits per heavy atom. The average molecular weight is 355 g/mol. The van der Waals surface area contributed by atoms with Crippen molar-refractivity contribution in [2.24, 2.45) is 0 Å². The molecule has 0 unspecified atom stereocenters. The van der Waals surface area contributed by atoms with Crippen molar-refractivity contribution in [2.75, 3.05) is 26.2 Å². The smallest absolute Gasteiger partial charge is 0.254 e. The lowest BCUT2D eigenvalue weighted by atomic mass is 10.1. The van der Waals surface area contributed by atoms with Crippen molar-refractivity contribution in [3.05, 3.63) is 65.2 Å². The van der Waals surface area contributed by atoms with Gasteiger partial charge < -0.3 is 9.80 Å². The highest BCUT2D eigenvalue weighted by Gasteiger charge is 2.23. The molecule has 0 atom stereocenters. The highest BCUT2D eigenvalue weighted by atomic mass is 19.1. The first kappa shape index (κ1) is 18.0. The fourth-order valence-corrected chi connectivity index (χ4v) is 3.16. The van der Waals surface area contributed by atoms with Crippen LogP contribution in [0.4, 0.5) is 4.39 Å². The standard InChI is InChI=1S/C20H22FN3O2/c1-15-12-17(6-7-22-15)20(26)24-9-3-8-23(10-11-24)19(25)14-16-4-2-5-18(21)13-16/h2,4-7,12-13H,3,8-11,14H2,1H3. The summed E-state index contributed by atoms with van der Waals surface area (Å²) in [6.45, 7) is 4.06. The molecular weight excluding hydrogens is 333 g/mol. The number of carbonyl (C=O) groups excluding carboxylic acids is 2. The number of benzene rings is 1. The molecule has 1 aliphatic heterocycles. The summed E-state index contributed by atoms with van der Waals surface area (Å²) in [5.41, 5.74) is 2.09. The molecule has 1 saturated heterocycles. The molecule has 1 aromatic carbocycles. The summed E-state index contributed by atoms with van der Waals surface area (Å²) in [5.74, 6) is -0.407. The second kappa shape index (κ2) is 8.08. The van der Waals surface area contributed by atoms with Crippen LogP contribution in [0.2, 0.25) is 0 Å². The minimum absolute atomic E-state index is 0.0325. The van der Waals surface area contributed by atoms with Gasteiger partial charge in [0.05, 0.1) is 6.42 Å². The van der Waals surface area contributed by atoms with Gasteiger partial charge >= 0.3 is 0 Å². The summed E-state index contributed by atoms with van der Waals surface area (Å²) in [7, 11) is 0. The van der Waals surface area contributed by atoms with Crippen molar-refractivity contribution in [1.82, 2.24) is 14.8 Å². The fraction of sp³-hybridized carbons (Fsp3) is 0.350. The number of pyridine rings is 1. The first-order valence-electron chi connectivity index (χ1n) is 8.77. The van der Waals surface area contributed by atoms with Crippen LogP contribution in [0, 0.1) is 12.7 Å². The molecule has 1 fully saturated rings. The van der Waals surface area contributed by atoms with Crippen molar-refractivity contribution in [2.45, 2.75) is 19.8 Å². The second-order valence-corrected chi connectivity index (χ2v) is 6.52. The third kappa shape index (κ3) is 4.45. The van der Waals surface area contributed by atoms with Gasteiger partial charge in [-0.1, -0.05) is 12.1 Å². The topological polar surface area (TPSA) is 53.5 Å². The van der Waals surface area contributed by atoms with Gasteiger partial charge in [-0.3, -0.25) is 14.6 Å². The molecule has 3 rings (SSSR count). The minimum atomic E-state index is -0.337. The lowest BCUT2D eigenvalue weighted by molar-refractivity contribution is -0.130. The van der Waals surface area contributed by atoms with Crippen LogP contribution in [0.5, 0.6) is 0 Å². The average Bonchev–Trinajstić information content (AvgIpc) is 2.87. The van der Waals surface area contributed by atoms with E-state index < -0.39 is 0 Å². The minimum Gasteiger partial charge on any atom is -0.341 e. The lowest BCUT2D eigenvalue weighted by Gasteiger charge is -2.22. The maximum atomic E-state index is 13.3. The Labute approximate surface area is 152 Å². The Kier molecular flexibility index (Phi) is 5.61. The van der Waals surface area contributed by atoms with Crippen LogP contribution >= 0.6 is 0 Å². The Bertz CT molecular complexity index is 809. The number of halogens is 1. The molecule has 0 spiro atoms. The summed E-state index contributed by atoms with van der Waals surface area (Å²) in [6.07, 6.45) is 2.54. The molecule has 26 heavy (non-hydrogen) atoms. The van der Waals surface area contributed by atoms with Crippen LogP contribution in [0.1, 0.15) is 28.0 Å². The van der Waals surface area contributed by atoms with Gasteiger partial charge in [-0.05, 0) is 43.2 Å². The fourth-order valence-electron chi connectivity index (χ4n) is 3.16. The number of rotatable bonds is 3. The van der Waals surface area contributed by atoms with Crippen LogP contribution in [0.15, 0.2) is 42.6 Å². The summed E-state index contributed by atoms with van der Waals surface area (Å²) in [5, 5.41) is 0. The molecule has 0 aliphatic carbocycles. The third-order valence-corrected chi connectivity index (χ3v) is 4.52. The highest BCUT2D eigenvalue weighted by Crippen LogP contribution is 2.12. The number of carbonyl (C=O) groups is 2. The van der Waals surface area contributed by atoms with Crippen molar-refractivity contribution < 1.29 is 14.0 Å². The number of hydrogen-bond acceptors (Lipinski definition) is 3. The lowest BCUT2D eigenvalue weighted by Crippen LogP contribution is -2.38. The van der Waals surface area contributed by atoms with Gasteiger partial charge in [0.1, 0.15) is 5.82 Å². The summed E-state index contributed by atoms with van der Waals surface area (Å²) < 4.78 is 13.3. The molecule has 5 nitrogen and oxygen atoms in total. The van der Waals surface area contributed by atoms with E-state index in [1.807, 2.05) is 6.92 Å². The Morgan fingerprint density at radius 3 is 2.62 bits per heavy atom. The zero-order valence-corrected chi connectivity index (χ0v) is 14.8. The maximum Gasteiger partial charge on any atom is 0.254 e. The van der Waals surface area contributed by atoms with E-state index in [4.69, 9.17) is 0 Å². The normalized spacial score (nSPS) is 14.8. The largest absolute Gasteiger partial charge is 0.341 e. The molecule has 0 bridgehead atoms. The predicted molar refractivity (Wildman–Crippen MR) is 96.2 cm³/mol. The van der Waals surface area contributed by atoms with E-state index in [0.29, 0.717) is 37.3 Å². The Hall–Kier alpha value is -2.76. The van der Waals surface area contributed by atoms with Crippen molar-refractivity contribution in [3.8, 4) is 0 Å². The number of amides is 2. The number of aryl methyl sites for hydroxylation is 1. The highest BCUT2D eigenvalue weighted by molar-refractivity contribution is 5.94.